The Morgan fingerprint density at radius 3 is 2.73 bits per heavy atom. The second-order valence-electron chi connectivity index (χ2n) is 3.26. The van der Waals surface area contributed by atoms with Crippen LogP contribution in [0.15, 0.2) is 27.8 Å². The molecule has 0 aliphatic carbocycles. The molecule has 0 radical (unpaired) electrons. The quantitative estimate of drug-likeness (QED) is 0.384. The Morgan fingerprint density at radius 1 is 1.53 bits per heavy atom. The van der Waals surface area contributed by atoms with Crippen molar-refractivity contribution in [1.82, 2.24) is 0 Å². The van der Waals surface area contributed by atoms with Gasteiger partial charge in [0.05, 0.1) is 11.7 Å². The van der Waals surface area contributed by atoms with E-state index in [1.165, 1.54) is 0 Å². The fourth-order valence-electron chi connectivity index (χ4n) is 1.16. The van der Waals surface area contributed by atoms with Gasteiger partial charge in [-0.25, -0.2) is 0 Å². The molecule has 4 nitrogen and oxygen atoms in total. The van der Waals surface area contributed by atoms with Gasteiger partial charge in [0, 0.05) is 4.47 Å². The predicted molar refractivity (Wildman–Crippen MR) is 62.4 cm³/mol. The zero-order valence-corrected chi connectivity index (χ0v) is 10.2. The van der Waals surface area contributed by atoms with Crippen LogP contribution < -0.4 is 10.5 Å². The van der Waals surface area contributed by atoms with E-state index in [1.807, 2.05) is 19.9 Å². The molecule has 0 unspecified atom stereocenters. The third-order valence-electron chi connectivity index (χ3n) is 1.70. The van der Waals surface area contributed by atoms with Crippen molar-refractivity contribution in [2.45, 2.75) is 20.0 Å². The van der Waals surface area contributed by atoms with Gasteiger partial charge in [-0.2, -0.15) is 0 Å². The van der Waals surface area contributed by atoms with Crippen molar-refractivity contribution in [1.29, 1.82) is 0 Å². The highest BCUT2D eigenvalue weighted by Gasteiger charge is 2.13. The number of nitrogens with two attached hydrogens (primary N) is 1. The van der Waals surface area contributed by atoms with Gasteiger partial charge in [-0.1, -0.05) is 11.2 Å². The van der Waals surface area contributed by atoms with Crippen LogP contribution in [0, 0.1) is 0 Å². The van der Waals surface area contributed by atoms with Crippen molar-refractivity contribution in [2.24, 2.45) is 10.9 Å². The summed E-state index contributed by atoms with van der Waals surface area (Å²) in [6.07, 6.45) is 0.0320. The molecule has 0 saturated heterocycles. The highest BCUT2D eigenvalue weighted by atomic mass is 79.9. The number of ether oxygens (including phenoxy) is 1. The van der Waals surface area contributed by atoms with Crippen LogP contribution in [0.1, 0.15) is 19.4 Å². The van der Waals surface area contributed by atoms with Gasteiger partial charge in [-0.05, 0) is 41.9 Å². The molecule has 82 valence electrons. The Bertz CT molecular complexity index is 378. The van der Waals surface area contributed by atoms with Crippen LogP contribution >= 0.6 is 15.9 Å². The molecule has 1 rings (SSSR count). The number of amidine groups is 1. The number of nitrogens with zero attached hydrogens (tertiary/aromatic N) is 1. The summed E-state index contributed by atoms with van der Waals surface area (Å²) in [6.45, 7) is 3.83. The summed E-state index contributed by atoms with van der Waals surface area (Å²) in [5.41, 5.74) is 6.13. The molecule has 0 atom stereocenters. The Kier molecular flexibility index (Phi) is 3.96. The third-order valence-corrected chi connectivity index (χ3v) is 2.36. The summed E-state index contributed by atoms with van der Waals surface area (Å²) >= 11 is 3.33. The van der Waals surface area contributed by atoms with Gasteiger partial charge in [0.25, 0.3) is 0 Å². The smallest absolute Gasteiger partial charge is 0.174 e. The fraction of sp³-hybridized carbons (Fsp3) is 0.300. The van der Waals surface area contributed by atoms with Crippen LogP contribution in [0.2, 0.25) is 0 Å². The van der Waals surface area contributed by atoms with E-state index < -0.39 is 0 Å². The Morgan fingerprint density at radius 2 is 2.20 bits per heavy atom. The van der Waals surface area contributed by atoms with E-state index in [-0.39, 0.29) is 11.9 Å². The van der Waals surface area contributed by atoms with E-state index in [2.05, 4.69) is 21.1 Å². The maximum Gasteiger partial charge on any atom is 0.174 e. The first-order chi connectivity index (χ1) is 7.06. The van der Waals surface area contributed by atoms with Crippen molar-refractivity contribution in [3.63, 3.8) is 0 Å². The van der Waals surface area contributed by atoms with Crippen LogP contribution in [0.3, 0.4) is 0 Å². The lowest BCUT2D eigenvalue weighted by Crippen LogP contribution is -2.17. The number of oxime groups is 1. The Balaban J connectivity index is 3.20. The van der Waals surface area contributed by atoms with E-state index >= 15 is 0 Å². The van der Waals surface area contributed by atoms with Gasteiger partial charge in [0.2, 0.25) is 0 Å². The lowest BCUT2D eigenvalue weighted by Gasteiger charge is -2.14. The molecule has 3 N–H and O–H groups in total. The molecule has 0 spiro atoms. The second kappa shape index (κ2) is 5.02. The standard InChI is InChI=1S/C10H13BrN2O2/c1-6(2)15-8-5-3-4-7(11)9(8)10(12)13-14/h3-6,14H,1-2H3,(H2,12,13). The van der Waals surface area contributed by atoms with Crippen LogP contribution in [0.5, 0.6) is 5.75 Å². The van der Waals surface area contributed by atoms with Crippen LogP contribution in [0.25, 0.3) is 0 Å². The minimum atomic E-state index is 0.0260. The van der Waals surface area contributed by atoms with Crippen LogP contribution in [-0.2, 0) is 0 Å². The van der Waals surface area contributed by atoms with E-state index in [0.717, 1.165) is 4.47 Å². The SMILES string of the molecule is CC(C)Oc1cccc(Br)c1/C(N)=N/O. The normalized spacial score (nSPS) is 11.9. The van der Waals surface area contributed by atoms with Crippen molar-refractivity contribution in [2.75, 3.05) is 0 Å². The third kappa shape index (κ3) is 2.86. The maximum absolute atomic E-state index is 8.66. The lowest BCUT2D eigenvalue weighted by atomic mass is 10.2. The van der Waals surface area contributed by atoms with E-state index in [4.69, 9.17) is 15.7 Å². The van der Waals surface area contributed by atoms with Gasteiger partial charge >= 0.3 is 0 Å². The molecule has 0 aliphatic heterocycles. The van der Waals surface area contributed by atoms with E-state index in [0.29, 0.717) is 11.3 Å². The molecule has 0 aromatic heterocycles. The van der Waals surface area contributed by atoms with Gasteiger partial charge in [-0.15, -0.1) is 0 Å². The molecule has 0 saturated carbocycles. The topological polar surface area (TPSA) is 67.8 Å². The van der Waals surface area contributed by atoms with Crippen LogP contribution in [0.4, 0.5) is 0 Å². The minimum absolute atomic E-state index is 0.0260. The molecular formula is C10H13BrN2O2. The average molecular weight is 273 g/mol. The molecule has 1 aromatic carbocycles. The van der Waals surface area contributed by atoms with Crippen molar-refractivity contribution >= 4 is 21.8 Å². The molecule has 5 heteroatoms. The van der Waals surface area contributed by atoms with Gasteiger partial charge < -0.3 is 15.7 Å². The number of rotatable bonds is 3. The zero-order chi connectivity index (χ0) is 11.4. The predicted octanol–water partition coefficient (Wildman–Crippen LogP) is 2.33. The monoisotopic (exact) mass is 272 g/mol. The van der Waals surface area contributed by atoms with E-state index in [1.54, 1.807) is 12.1 Å². The molecular weight excluding hydrogens is 260 g/mol. The number of hydrogen-bond donors (Lipinski definition) is 2. The van der Waals surface area contributed by atoms with Gasteiger partial charge in [0.1, 0.15) is 5.75 Å². The Labute approximate surface area is 96.9 Å². The first-order valence-electron chi connectivity index (χ1n) is 4.49. The minimum Gasteiger partial charge on any atom is -0.490 e. The van der Waals surface area contributed by atoms with Gasteiger partial charge in [-0.3, -0.25) is 0 Å². The average Bonchev–Trinajstić information content (AvgIpc) is 2.16. The molecule has 0 bridgehead atoms. The molecule has 0 fully saturated rings. The highest BCUT2D eigenvalue weighted by molar-refractivity contribution is 9.10. The number of halogens is 1. The van der Waals surface area contributed by atoms with Crippen molar-refractivity contribution < 1.29 is 9.94 Å². The summed E-state index contributed by atoms with van der Waals surface area (Å²) in [4.78, 5) is 0. The number of hydrogen-bond acceptors (Lipinski definition) is 3. The Hall–Kier alpha value is -1.23. The van der Waals surface area contributed by atoms with Crippen molar-refractivity contribution in [3.8, 4) is 5.75 Å². The zero-order valence-electron chi connectivity index (χ0n) is 8.57. The van der Waals surface area contributed by atoms with Crippen molar-refractivity contribution in [3.05, 3.63) is 28.2 Å². The first kappa shape index (κ1) is 11.8. The summed E-state index contributed by atoms with van der Waals surface area (Å²) < 4.78 is 6.28. The highest BCUT2D eigenvalue weighted by Crippen LogP contribution is 2.27. The van der Waals surface area contributed by atoms with Crippen LogP contribution in [-0.4, -0.2) is 17.1 Å². The largest absolute Gasteiger partial charge is 0.490 e. The summed E-state index contributed by atoms with van der Waals surface area (Å²) in [5, 5.41) is 11.6. The molecule has 0 amide bonds. The summed E-state index contributed by atoms with van der Waals surface area (Å²) in [7, 11) is 0. The van der Waals surface area contributed by atoms with E-state index in [9.17, 15) is 0 Å². The second-order valence-corrected chi connectivity index (χ2v) is 4.12. The first-order valence-corrected chi connectivity index (χ1v) is 5.28. The fourth-order valence-corrected chi connectivity index (χ4v) is 1.71. The molecule has 15 heavy (non-hydrogen) atoms. The van der Waals surface area contributed by atoms with Gasteiger partial charge in [0.15, 0.2) is 5.84 Å². The summed E-state index contributed by atoms with van der Waals surface area (Å²) in [6, 6.07) is 5.41. The number of benzene rings is 1. The molecule has 1 aromatic rings. The molecule has 0 aliphatic rings. The molecule has 0 heterocycles. The summed E-state index contributed by atoms with van der Waals surface area (Å²) in [5.74, 6) is 0.618. The lowest BCUT2D eigenvalue weighted by molar-refractivity contribution is 0.241. The maximum atomic E-state index is 8.66.